The third-order valence-electron chi connectivity index (χ3n) is 2.94. The van der Waals surface area contributed by atoms with Crippen molar-refractivity contribution in [1.82, 2.24) is 5.32 Å². The first-order valence-corrected chi connectivity index (χ1v) is 6.18. The molecule has 0 aromatic heterocycles. The number of nitrogens with two attached hydrogens (primary N) is 1. The number of carbonyl (C=O) groups excluding carboxylic acids is 1. The summed E-state index contributed by atoms with van der Waals surface area (Å²) >= 11 is 0. The van der Waals surface area contributed by atoms with E-state index in [9.17, 15) is 15.0 Å². The second-order valence-corrected chi connectivity index (χ2v) is 4.43. The maximum Gasteiger partial charge on any atom is 0.255 e. The monoisotopic (exact) mass is 272 g/mol. The van der Waals surface area contributed by atoms with E-state index in [1.54, 1.807) is 0 Å². The lowest BCUT2D eigenvalue weighted by atomic mass is 10.1. The average molecular weight is 272 g/mol. The second kappa shape index (κ2) is 6.08. The van der Waals surface area contributed by atoms with Gasteiger partial charge in [-0.25, -0.2) is 0 Å². The molecule has 0 radical (unpaired) electrons. The Bertz CT molecular complexity index is 599. The standard InChI is InChI=1S/C15H16N2O3/c16-13(10-4-2-1-3-5-10)9-17-15(20)12-7-6-11(18)8-14(12)19/h1-8,13,18-19H,9,16H2,(H,17,20). The number of aromatic hydroxyl groups is 2. The van der Waals surface area contributed by atoms with Crippen LogP contribution in [0.5, 0.6) is 11.5 Å². The van der Waals surface area contributed by atoms with Gasteiger partial charge in [0.15, 0.2) is 0 Å². The zero-order valence-corrected chi connectivity index (χ0v) is 10.8. The quantitative estimate of drug-likeness (QED) is 0.678. The lowest BCUT2D eigenvalue weighted by Gasteiger charge is -2.13. The van der Waals surface area contributed by atoms with Gasteiger partial charge >= 0.3 is 0 Å². The molecule has 0 saturated heterocycles. The Morgan fingerprint density at radius 3 is 2.50 bits per heavy atom. The van der Waals surface area contributed by atoms with Gasteiger partial charge < -0.3 is 21.3 Å². The number of amides is 1. The number of hydrogen-bond acceptors (Lipinski definition) is 4. The summed E-state index contributed by atoms with van der Waals surface area (Å²) < 4.78 is 0. The first-order chi connectivity index (χ1) is 9.58. The van der Waals surface area contributed by atoms with Crippen LogP contribution in [-0.4, -0.2) is 22.7 Å². The highest BCUT2D eigenvalue weighted by Gasteiger charge is 2.13. The summed E-state index contributed by atoms with van der Waals surface area (Å²) in [5.41, 5.74) is 6.99. The highest BCUT2D eigenvalue weighted by Crippen LogP contribution is 2.22. The van der Waals surface area contributed by atoms with Crippen molar-refractivity contribution in [2.75, 3.05) is 6.54 Å². The SMILES string of the molecule is NC(CNC(=O)c1ccc(O)cc1O)c1ccccc1. The third-order valence-corrected chi connectivity index (χ3v) is 2.94. The number of phenolic OH excluding ortho intramolecular Hbond substituents is 2. The number of carbonyl (C=O) groups is 1. The van der Waals surface area contributed by atoms with E-state index in [1.807, 2.05) is 30.3 Å². The van der Waals surface area contributed by atoms with Gasteiger partial charge in [0.2, 0.25) is 0 Å². The minimum absolute atomic E-state index is 0.0972. The van der Waals surface area contributed by atoms with Crippen molar-refractivity contribution in [3.8, 4) is 11.5 Å². The molecule has 5 N–H and O–H groups in total. The van der Waals surface area contributed by atoms with Crippen LogP contribution >= 0.6 is 0 Å². The highest BCUT2D eigenvalue weighted by molar-refractivity contribution is 5.97. The Balaban J connectivity index is 1.99. The van der Waals surface area contributed by atoms with Crippen molar-refractivity contribution >= 4 is 5.91 Å². The first-order valence-electron chi connectivity index (χ1n) is 6.18. The Labute approximate surface area is 116 Å². The van der Waals surface area contributed by atoms with Gasteiger partial charge in [0.05, 0.1) is 5.56 Å². The molecule has 1 amide bonds. The molecule has 0 heterocycles. The van der Waals surface area contributed by atoms with E-state index >= 15 is 0 Å². The molecule has 2 rings (SSSR count). The van der Waals surface area contributed by atoms with Gasteiger partial charge in [-0.05, 0) is 17.7 Å². The van der Waals surface area contributed by atoms with Gasteiger partial charge in [-0.2, -0.15) is 0 Å². The Hall–Kier alpha value is -2.53. The van der Waals surface area contributed by atoms with Gasteiger partial charge in [0.1, 0.15) is 11.5 Å². The van der Waals surface area contributed by atoms with Crippen LogP contribution < -0.4 is 11.1 Å². The lowest BCUT2D eigenvalue weighted by Crippen LogP contribution is -2.31. The zero-order chi connectivity index (χ0) is 14.5. The van der Waals surface area contributed by atoms with E-state index in [2.05, 4.69) is 5.32 Å². The van der Waals surface area contributed by atoms with Gasteiger partial charge in [0, 0.05) is 18.7 Å². The van der Waals surface area contributed by atoms with E-state index in [4.69, 9.17) is 5.73 Å². The minimum atomic E-state index is -0.436. The van der Waals surface area contributed by atoms with Crippen LogP contribution in [0, 0.1) is 0 Å². The molecule has 0 spiro atoms. The number of rotatable bonds is 4. The number of nitrogens with one attached hydrogen (secondary N) is 1. The predicted molar refractivity (Wildman–Crippen MR) is 75.5 cm³/mol. The maximum absolute atomic E-state index is 11.9. The average Bonchev–Trinajstić information content (AvgIpc) is 2.45. The van der Waals surface area contributed by atoms with Crippen LogP contribution in [0.15, 0.2) is 48.5 Å². The summed E-state index contributed by atoms with van der Waals surface area (Å²) in [6.45, 7) is 0.253. The summed E-state index contributed by atoms with van der Waals surface area (Å²) in [4.78, 5) is 11.9. The molecular weight excluding hydrogens is 256 g/mol. The van der Waals surface area contributed by atoms with Crippen LogP contribution in [0.2, 0.25) is 0 Å². The van der Waals surface area contributed by atoms with Crippen LogP contribution in [0.3, 0.4) is 0 Å². The highest BCUT2D eigenvalue weighted by atomic mass is 16.3. The van der Waals surface area contributed by atoms with Gasteiger partial charge in [-0.1, -0.05) is 30.3 Å². The van der Waals surface area contributed by atoms with Crippen LogP contribution in [0.25, 0.3) is 0 Å². The largest absolute Gasteiger partial charge is 0.508 e. The molecule has 1 atom stereocenters. The third kappa shape index (κ3) is 3.27. The molecule has 2 aromatic rings. The van der Waals surface area contributed by atoms with Crippen molar-refractivity contribution in [1.29, 1.82) is 0 Å². The second-order valence-electron chi connectivity index (χ2n) is 4.43. The van der Waals surface area contributed by atoms with Gasteiger partial charge in [0.25, 0.3) is 5.91 Å². The Morgan fingerprint density at radius 1 is 1.15 bits per heavy atom. The zero-order valence-electron chi connectivity index (χ0n) is 10.8. The van der Waals surface area contributed by atoms with Crippen LogP contribution in [0.1, 0.15) is 22.0 Å². The molecule has 5 nitrogen and oxygen atoms in total. The summed E-state index contributed by atoms with van der Waals surface area (Å²) in [7, 11) is 0. The predicted octanol–water partition coefficient (Wildman–Crippen LogP) is 1.53. The lowest BCUT2D eigenvalue weighted by molar-refractivity contribution is 0.0948. The van der Waals surface area contributed by atoms with Crippen molar-refractivity contribution in [3.63, 3.8) is 0 Å². The molecule has 0 saturated carbocycles. The van der Waals surface area contributed by atoms with E-state index < -0.39 is 5.91 Å². The Kier molecular flexibility index (Phi) is 4.22. The molecule has 104 valence electrons. The molecule has 0 bridgehead atoms. The fraction of sp³-hybridized carbons (Fsp3) is 0.133. The molecular formula is C15H16N2O3. The number of benzene rings is 2. The molecule has 0 aliphatic rings. The minimum Gasteiger partial charge on any atom is -0.508 e. The van der Waals surface area contributed by atoms with Crippen molar-refractivity contribution in [2.45, 2.75) is 6.04 Å². The van der Waals surface area contributed by atoms with Gasteiger partial charge in [-0.3, -0.25) is 4.79 Å². The fourth-order valence-electron chi connectivity index (χ4n) is 1.83. The summed E-state index contributed by atoms with van der Waals surface area (Å²) in [6.07, 6.45) is 0. The number of hydrogen-bond donors (Lipinski definition) is 4. The normalized spacial score (nSPS) is 11.8. The molecule has 20 heavy (non-hydrogen) atoms. The van der Waals surface area contributed by atoms with E-state index in [-0.39, 0.29) is 29.6 Å². The smallest absolute Gasteiger partial charge is 0.255 e. The van der Waals surface area contributed by atoms with Gasteiger partial charge in [-0.15, -0.1) is 0 Å². The molecule has 0 aliphatic heterocycles. The van der Waals surface area contributed by atoms with Crippen LogP contribution in [0.4, 0.5) is 0 Å². The van der Waals surface area contributed by atoms with Crippen molar-refractivity contribution in [3.05, 3.63) is 59.7 Å². The van der Waals surface area contributed by atoms with Crippen molar-refractivity contribution < 1.29 is 15.0 Å². The molecule has 5 heteroatoms. The van der Waals surface area contributed by atoms with E-state index in [0.717, 1.165) is 11.6 Å². The topological polar surface area (TPSA) is 95.6 Å². The molecule has 2 aromatic carbocycles. The Morgan fingerprint density at radius 2 is 1.85 bits per heavy atom. The fourth-order valence-corrected chi connectivity index (χ4v) is 1.83. The number of phenols is 2. The summed E-state index contributed by atoms with van der Waals surface area (Å²) in [5.74, 6) is -0.801. The maximum atomic E-state index is 11.9. The van der Waals surface area contributed by atoms with E-state index in [0.29, 0.717) is 0 Å². The van der Waals surface area contributed by atoms with Crippen LogP contribution in [-0.2, 0) is 0 Å². The molecule has 1 unspecified atom stereocenters. The summed E-state index contributed by atoms with van der Waals surface area (Å²) in [5, 5.41) is 21.4. The summed E-state index contributed by atoms with van der Waals surface area (Å²) in [6, 6.07) is 12.9. The molecule has 0 aliphatic carbocycles. The van der Waals surface area contributed by atoms with E-state index in [1.165, 1.54) is 12.1 Å². The molecule has 0 fully saturated rings. The first kappa shape index (κ1) is 13.9. The van der Waals surface area contributed by atoms with Crippen molar-refractivity contribution in [2.24, 2.45) is 5.73 Å².